The molecule has 1 aliphatic rings. The molecule has 0 radical (unpaired) electrons. The summed E-state index contributed by atoms with van der Waals surface area (Å²) in [7, 11) is 0. The molecule has 1 aliphatic heterocycles. The lowest BCUT2D eigenvalue weighted by atomic mass is 9.88. The normalized spacial score (nSPS) is 15.8. The lowest BCUT2D eigenvalue weighted by molar-refractivity contribution is -0.193. The predicted octanol–water partition coefficient (Wildman–Crippen LogP) is 4.92. The number of anilines is 1. The summed E-state index contributed by atoms with van der Waals surface area (Å²) in [4.78, 5) is 50.9. The summed E-state index contributed by atoms with van der Waals surface area (Å²) in [5.41, 5.74) is 4.11. The summed E-state index contributed by atoms with van der Waals surface area (Å²) in [5, 5.41) is 24.5. The van der Waals surface area contributed by atoms with Crippen molar-refractivity contribution >= 4 is 29.5 Å². The monoisotopic (exact) mass is 760 g/mol. The minimum atomic E-state index is -5.08. The van der Waals surface area contributed by atoms with Crippen molar-refractivity contribution in [2.75, 3.05) is 18.9 Å². The highest BCUT2D eigenvalue weighted by molar-refractivity contribution is 5.91. The summed E-state index contributed by atoms with van der Waals surface area (Å²) < 4.78 is 112. The first-order valence-corrected chi connectivity index (χ1v) is 14.8. The maximum Gasteiger partial charge on any atom is 0.490 e. The minimum absolute atomic E-state index is 0. The first kappa shape index (κ1) is 34.2. The van der Waals surface area contributed by atoms with E-state index in [9.17, 15) is 41.0 Å². The molecule has 286 valence electrons. The van der Waals surface area contributed by atoms with Gasteiger partial charge in [-0.05, 0) is 35.2 Å². The standard InChI is InChI=1S/C31H32N4O3.2C2HF3O2.H2O/c1-21-16-22(14-15-26(21)33(2)3)18-34-20-32-25-19-35(28(31(37)38)17-27(25)34)30(36)29(23-10-6-4-7-11-23)24-12-8-5-9-13-24;2*3-2(4,5)1(6)7;/h4-16,20,28-29H,17-19H2,1-3H3,(H,37,38);2*(H,6,7);1H2/t28-;;;/m0.../s1/i2D3,3D3;;;. The van der Waals surface area contributed by atoms with Gasteiger partial charge in [-0.2, -0.15) is 26.3 Å². The molecule has 1 atom stereocenters. The Bertz CT molecular complexity index is 2010. The third-order valence-corrected chi connectivity index (χ3v) is 7.54. The lowest BCUT2D eigenvalue weighted by Crippen LogP contribution is -2.50. The number of rotatable bonds is 7. The highest BCUT2D eigenvalue weighted by atomic mass is 19.4. The Hall–Kier alpha value is -5.91. The molecule has 0 aliphatic carbocycles. The van der Waals surface area contributed by atoms with Crippen LogP contribution in [0.3, 0.4) is 0 Å². The van der Waals surface area contributed by atoms with Crippen LogP contribution in [0.1, 0.15) is 47.8 Å². The van der Waals surface area contributed by atoms with E-state index in [0.717, 1.165) is 16.7 Å². The van der Waals surface area contributed by atoms with Crippen molar-refractivity contribution in [1.82, 2.24) is 14.5 Å². The fraction of sp³-hybridized carbons (Fsp3) is 0.286. The summed E-state index contributed by atoms with van der Waals surface area (Å²) in [6.45, 7) is -3.76. The van der Waals surface area contributed by atoms with Crippen LogP contribution in [0, 0.1) is 6.92 Å². The largest absolute Gasteiger partial charge is 0.490 e. The van der Waals surface area contributed by atoms with Crippen LogP contribution in [0.25, 0.3) is 0 Å². The van der Waals surface area contributed by atoms with Crippen molar-refractivity contribution in [1.29, 1.82) is 0 Å². The number of carbonyl (C=O) groups excluding carboxylic acids is 1. The van der Waals surface area contributed by atoms with E-state index >= 15 is 0 Å². The van der Waals surface area contributed by atoms with Gasteiger partial charge < -0.3 is 35.2 Å². The Kier molecular flexibility index (Phi) is 11.6. The minimum Gasteiger partial charge on any atom is -0.480 e. The van der Waals surface area contributed by atoms with Crippen molar-refractivity contribution in [2.24, 2.45) is 0 Å². The van der Waals surface area contributed by atoms with Crippen LogP contribution in [0.15, 0.2) is 85.2 Å². The van der Waals surface area contributed by atoms with Crippen LogP contribution in [0.5, 0.6) is 0 Å². The van der Waals surface area contributed by atoms with Gasteiger partial charge in [0.1, 0.15) is 6.04 Å². The number of halogens is 6. The molecule has 4 aromatic rings. The number of aromatic nitrogens is 2. The molecule has 0 saturated carbocycles. The third kappa shape index (κ3) is 11.5. The van der Waals surface area contributed by atoms with Gasteiger partial charge in [0.25, 0.3) is 0 Å². The molecule has 18 heteroatoms. The molecule has 53 heavy (non-hydrogen) atoms. The molecule has 5 rings (SSSR count). The Morgan fingerprint density at radius 2 is 1.36 bits per heavy atom. The van der Waals surface area contributed by atoms with Gasteiger partial charge in [-0.1, -0.05) is 72.8 Å². The van der Waals surface area contributed by atoms with Crippen molar-refractivity contribution in [3.05, 3.63) is 119 Å². The van der Waals surface area contributed by atoms with Crippen molar-refractivity contribution < 1.29 is 74.5 Å². The summed E-state index contributed by atoms with van der Waals surface area (Å²) in [6, 6.07) is 22.3. The number of aryl methyl sites for hydroxylation is 1. The van der Waals surface area contributed by atoms with E-state index in [1.54, 1.807) is 25.4 Å². The second-order valence-electron chi connectivity index (χ2n) is 11.1. The van der Waals surface area contributed by atoms with Crippen LogP contribution in [0.2, 0.25) is 0 Å². The van der Waals surface area contributed by atoms with Gasteiger partial charge in [0.05, 0.1) is 24.5 Å². The molecule has 0 unspecified atom stereocenters. The highest BCUT2D eigenvalue weighted by Gasteiger charge is 2.41. The van der Waals surface area contributed by atoms with Gasteiger partial charge in [-0.3, -0.25) is 4.79 Å². The van der Waals surface area contributed by atoms with Crippen molar-refractivity contribution in [3.63, 3.8) is 0 Å². The van der Waals surface area contributed by atoms with E-state index in [-0.39, 0.29) is 30.0 Å². The maximum atomic E-state index is 14.1. The number of nitrogens with zero attached hydrogens (tertiary/aromatic N) is 4. The predicted molar refractivity (Wildman–Crippen MR) is 178 cm³/mol. The van der Waals surface area contributed by atoms with E-state index in [1.165, 1.54) is 11.0 Å². The van der Waals surface area contributed by atoms with E-state index in [4.69, 9.17) is 28.0 Å². The van der Waals surface area contributed by atoms with Gasteiger partial charge in [0.2, 0.25) is 5.91 Å². The van der Waals surface area contributed by atoms with Gasteiger partial charge >= 0.3 is 30.3 Å². The maximum absolute atomic E-state index is 14.1. The molecule has 0 saturated heterocycles. The van der Waals surface area contributed by atoms with Gasteiger partial charge in [-0.15, -0.1) is 0 Å². The number of carbonyl (C=O) groups is 4. The lowest BCUT2D eigenvalue weighted by Gasteiger charge is -2.35. The summed E-state index contributed by atoms with van der Waals surface area (Å²) in [6.07, 6.45) is -8.51. The Labute approximate surface area is 307 Å². The summed E-state index contributed by atoms with van der Waals surface area (Å²) in [5.74, 6) is -7.64. The molecule has 0 fully saturated rings. The van der Waals surface area contributed by atoms with Crippen molar-refractivity contribution in [2.45, 2.75) is 50.7 Å². The van der Waals surface area contributed by atoms with E-state index in [2.05, 4.69) is 4.98 Å². The van der Waals surface area contributed by atoms with E-state index in [0.29, 0.717) is 28.4 Å². The number of hydrogen-bond donors (Lipinski definition) is 3. The third-order valence-electron chi connectivity index (χ3n) is 7.54. The number of imidazole rings is 1. The number of aliphatic carboxylic acids is 3. The molecule has 2 heterocycles. The smallest absolute Gasteiger partial charge is 0.480 e. The van der Waals surface area contributed by atoms with Gasteiger partial charge in [0.15, 0.2) is 0 Å². The first-order valence-electron chi connectivity index (χ1n) is 17.8. The molecule has 3 aromatic carbocycles. The average Bonchev–Trinajstić information content (AvgIpc) is 3.49. The molecule has 0 spiro atoms. The van der Waals surface area contributed by atoms with E-state index < -0.39 is 56.2 Å². The van der Waals surface area contributed by atoms with E-state index in [1.807, 2.05) is 65.2 Å². The second-order valence-corrected chi connectivity index (χ2v) is 11.1. The number of amides is 1. The number of benzene rings is 3. The average molecular weight is 761 g/mol. The van der Waals surface area contributed by atoms with Crippen LogP contribution < -0.4 is 4.90 Å². The first-order chi connectivity index (χ1) is 26.6. The van der Waals surface area contributed by atoms with Crippen LogP contribution in [-0.4, -0.2) is 91.4 Å². The topological polar surface area (TPSA) is 185 Å². The molecular formula is C35H36F6N4O8. The zero-order valence-corrected chi connectivity index (χ0v) is 27.4. The van der Waals surface area contributed by atoms with Crippen LogP contribution >= 0.6 is 0 Å². The number of carboxylic acid groups (broad SMARTS) is 3. The number of fused-ring (bicyclic) bond motifs is 1. The molecular weight excluding hydrogens is 718 g/mol. The molecule has 0 bridgehead atoms. The summed E-state index contributed by atoms with van der Waals surface area (Å²) >= 11 is 0. The van der Waals surface area contributed by atoms with Gasteiger partial charge in [0, 0.05) is 46.5 Å². The quantitative estimate of drug-likeness (QED) is 0.220. The number of carboxylic acids is 3. The molecule has 12 nitrogen and oxygen atoms in total. The Balaban J connectivity index is 0.000000686. The second kappa shape index (κ2) is 18.0. The fourth-order valence-corrected chi connectivity index (χ4v) is 5.17. The molecule has 1 aromatic heterocycles. The highest BCUT2D eigenvalue weighted by Crippen LogP contribution is 2.32. The molecule has 5 N–H and O–H groups in total. The van der Waals surface area contributed by atoms with Gasteiger partial charge in [-0.25, -0.2) is 19.4 Å². The number of hydrogen-bond acceptors (Lipinski definition) is 6. The zero-order valence-electron chi connectivity index (χ0n) is 33.4. The SMILES string of the molecule is O.O=C(O)C(F)(F)F.O=C(O)C(F)(F)F.[2H]C([2H])([2H])N(c1ccc(Cn2cnc3c2C[C@@H](C(=O)O)N(C(=O)C(c2ccccc2)c2ccccc2)C3)cc1C)C([2H])([2H])[2H]. The Morgan fingerprint density at radius 3 is 1.77 bits per heavy atom. The van der Waals surface area contributed by atoms with Crippen molar-refractivity contribution in [3.8, 4) is 0 Å². The number of alkyl halides is 6. The molecule has 1 amide bonds. The fourth-order valence-electron chi connectivity index (χ4n) is 5.17. The Morgan fingerprint density at radius 1 is 0.868 bits per heavy atom. The van der Waals surface area contributed by atoms with Crippen LogP contribution in [0.4, 0.5) is 32.0 Å². The zero-order chi connectivity index (χ0) is 44.0. The van der Waals surface area contributed by atoms with Crippen LogP contribution in [-0.2, 0) is 38.7 Å².